The highest BCUT2D eigenvalue weighted by Gasteiger charge is 2.27. The molecule has 0 saturated heterocycles. The lowest BCUT2D eigenvalue weighted by molar-refractivity contribution is -0.870. The van der Waals surface area contributed by atoms with E-state index >= 15 is 0 Å². The number of carbonyl (C=O) groups excluding carboxylic acids is 2. The van der Waals surface area contributed by atoms with Gasteiger partial charge in [-0.15, -0.1) is 0 Å². The van der Waals surface area contributed by atoms with Crippen LogP contribution in [0.3, 0.4) is 0 Å². The Morgan fingerprint density at radius 2 is 1.02 bits per heavy atom. The van der Waals surface area contributed by atoms with Crippen molar-refractivity contribution in [3.8, 4) is 0 Å². The van der Waals surface area contributed by atoms with Crippen LogP contribution in [-0.4, -0.2) is 74.9 Å². The van der Waals surface area contributed by atoms with Crippen LogP contribution in [0.25, 0.3) is 0 Å². The number of hydrogen-bond acceptors (Lipinski definition) is 7. The molecule has 0 radical (unpaired) electrons. The van der Waals surface area contributed by atoms with E-state index in [2.05, 4.69) is 62.5 Å². The molecule has 0 aromatic heterocycles. The molecule has 0 aliphatic rings. The Bertz CT molecular complexity index is 1100. The molecule has 0 saturated carbocycles. The number of hydrogen-bond donors (Lipinski definition) is 1. The third-order valence-electron chi connectivity index (χ3n) is 9.37. The van der Waals surface area contributed by atoms with Crippen molar-refractivity contribution in [1.29, 1.82) is 0 Å². The molecule has 326 valence electrons. The van der Waals surface area contributed by atoms with Crippen LogP contribution < -0.4 is 0 Å². The number of phosphoric acid groups is 1. The minimum Gasteiger partial charge on any atom is -0.462 e. The number of carbonyl (C=O) groups is 2. The van der Waals surface area contributed by atoms with Gasteiger partial charge in [-0.1, -0.05) is 165 Å². The average Bonchev–Trinajstić information content (AvgIpc) is 3.15. The van der Waals surface area contributed by atoms with Crippen molar-refractivity contribution < 1.29 is 42.1 Å². The Kier molecular flexibility index (Phi) is 37.1. The number of allylic oxidation sites excluding steroid dienone is 8. The summed E-state index contributed by atoms with van der Waals surface area (Å²) in [5.74, 6) is -0.806. The van der Waals surface area contributed by atoms with E-state index < -0.39 is 26.5 Å². The zero-order chi connectivity index (χ0) is 41.4. The normalized spacial score (nSPS) is 14.0. The van der Waals surface area contributed by atoms with Gasteiger partial charge in [-0.2, -0.15) is 0 Å². The molecule has 1 N–H and O–H groups in total. The molecule has 56 heavy (non-hydrogen) atoms. The maximum absolute atomic E-state index is 12.7. The second-order valence-corrected chi connectivity index (χ2v) is 17.5. The van der Waals surface area contributed by atoms with Crippen LogP contribution in [0.4, 0.5) is 0 Å². The van der Waals surface area contributed by atoms with E-state index in [0.29, 0.717) is 17.4 Å². The van der Waals surface area contributed by atoms with Crippen LogP contribution in [0, 0.1) is 0 Å². The Morgan fingerprint density at radius 1 is 0.571 bits per heavy atom. The lowest BCUT2D eigenvalue weighted by Crippen LogP contribution is -2.37. The van der Waals surface area contributed by atoms with Gasteiger partial charge >= 0.3 is 19.8 Å². The van der Waals surface area contributed by atoms with E-state index in [0.717, 1.165) is 70.6 Å². The molecule has 0 aliphatic heterocycles. The smallest absolute Gasteiger partial charge is 0.462 e. The third-order valence-corrected chi connectivity index (χ3v) is 10.4. The SMILES string of the molecule is CC/C=C\C/C=C\C/C=C\C/C=C\CCCCCCCCCCCCC(=O)OC(COC(=O)CCCCCCCCCCC)COP(=O)(O)OCC[N+](C)(C)C. The van der Waals surface area contributed by atoms with Gasteiger partial charge < -0.3 is 18.9 Å². The molecular formula is C46H85NO8P+. The van der Waals surface area contributed by atoms with Gasteiger partial charge in [0.25, 0.3) is 0 Å². The summed E-state index contributed by atoms with van der Waals surface area (Å²) in [7, 11) is 1.47. The number of phosphoric ester groups is 1. The van der Waals surface area contributed by atoms with Crippen LogP contribution >= 0.6 is 7.82 Å². The first-order chi connectivity index (χ1) is 27.0. The maximum Gasteiger partial charge on any atom is 0.472 e. The van der Waals surface area contributed by atoms with E-state index in [4.69, 9.17) is 18.5 Å². The number of ether oxygens (including phenoxy) is 2. The van der Waals surface area contributed by atoms with Crippen molar-refractivity contribution in [3.63, 3.8) is 0 Å². The van der Waals surface area contributed by atoms with Crippen molar-refractivity contribution in [3.05, 3.63) is 48.6 Å². The maximum atomic E-state index is 12.7. The summed E-state index contributed by atoms with van der Waals surface area (Å²) >= 11 is 0. The third kappa shape index (κ3) is 41.6. The largest absolute Gasteiger partial charge is 0.472 e. The summed E-state index contributed by atoms with van der Waals surface area (Å²) in [5.41, 5.74) is 0. The van der Waals surface area contributed by atoms with Gasteiger partial charge in [0.1, 0.15) is 19.8 Å². The van der Waals surface area contributed by atoms with Crippen molar-refractivity contribution in [1.82, 2.24) is 0 Å². The molecule has 0 aromatic carbocycles. The monoisotopic (exact) mass is 811 g/mol. The fourth-order valence-electron chi connectivity index (χ4n) is 5.89. The van der Waals surface area contributed by atoms with Crippen molar-refractivity contribution in [2.45, 2.75) is 187 Å². The van der Waals surface area contributed by atoms with Gasteiger partial charge in [0.15, 0.2) is 6.10 Å². The Balaban J connectivity index is 4.23. The highest BCUT2D eigenvalue weighted by atomic mass is 31.2. The highest BCUT2D eigenvalue weighted by molar-refractivity contribution is 7.47. The molecule has 9 nitrogen and oxygen atoms in total. The van der Waals surface area contributed by atoms with E-state index in [1.54, 1.807) is 0 Å². The summed E-state index contributed by atoms with van der Waals surface area (Å²) < 4.78 is 34.2. The lowest BCUT2D eigenvalue weighted by Gasteiger charge is -2.24. The molecule has 0 fully saturated rings. The van der Waals surface area contributed by atoms with E-state index in [1.165, 1.54) is 77.0 Å². The quantitative estimate of drug-likeness (QED) is 0.0214. The Labute approximate surface area is 343 Å². The van der Waals surface area contributed by atoms with E-state index in [-0.39, 0.29) is 32.0 Å². The van der Waals surface area contributed by atoms with Crippen LogP contribution in [0.1, 0.15) is 181 Å². The summed E-state index contributed by atoms with van der Waals surface area (Å²) in [6, 6.07) is 0. The van der Waals surface area contributed by atoms with Crippen LogP contribution in [0.5, 0.6) is 0 Å². The zero-order valence-electron chi connectivity index (χ0n) is 36.6. The van der Waals surface area contributed by atoms with Gasteiger partial charge in [-0.25, -0.2) is 4.57 Å². The Hall–Kier alpha value is -2.03. The van der Waals surface area contributed by atoms with Crippen molar-refractivity contribution in [2.24, 2.45) is 0 Å². The number of unbranched alkanes of at least 4 members (excludes halogenated alkanes) is 18. The fraction of sp³-hybridized carbons (Fsp3) is 0.783. The molecule has 0 rings (SSSR count). The molecule has 0 aliphatic carbocycles. The predicted octanol–water partition coefficient (Wildman–Crippen LogP) is 12.7. The number of esters is 2. The van der Waals surface area contributed by atoms with Gasteiger partial charge in [0.2, 0.25) is 0 Å². The van der Waals surface area contributed by atoms with Gasteiger partial charge in [-0.3, -0.25) is 18.6 Å². The first-order valence-electron chi connectivity index (χ1n) is 22.4. The molecule has 0 aromatic rings. The molecule has 0 spiro atoms. The second-order valence-electron chi connectivity index (χ2n) is 16.1. The van der Waals surface area contributed by atoms with Crippen LogP contribution in [-0.2, 0) is 32.7 Å². The average molecular weight is 811 g/mol. The standard InChI is InChI=1S/C46H84NO8P/c1-6-8-10-12-14-16-17-18-19-20-21-22-23-24-25-26-27-28-29-31-33-35-37-39-46(49)55-44(43-54-56(50,51)53-41-40-47(3,4)5)42-52-45(48)38-36-34-32-30-15-13-11-9-7-2/h8,10,14,16,18-19,21-22,44H,6-7,9,11-13,15,17,20,23-43H2,1-5H3/p+1/b10-8-,16-14-,19-18-,22-21-. The van der Waals surface area contributed by atoms with Crippen LogP contribution in [0.15, 0.2) is 48.6 Å². The summed E-state index contributed by atoms with van der Waals surface area (Å²) in [6.45, 7) is 4.28. The molecule has 10 heteroatoms. The fourth-order valence-corrected chi connectivity index (χ4v) is 6.63. The molecular weight excluding hydrogens is 725 g/mol. The topological polar surface area (TPSA) is 108 Å². The first kappa shape index (κ1) is 54.0. The molecule has 0 heterocycles. The number of rotatable bonds is 40. The zero-order valence-corrected chi connectivity index (χ0v) is 37.5. The second kappa shape index (κ2) is 38.5. The first-order valence-corrected chi connectivity index (χ1v) is 23.9. The summed E-state index contributed by atoms with van der Waals surface area (Å²) in [6.07, 6.45) is 44.5. The Morgan fingerprint density at radius 3 is 1.52 bits per heavy atom. The van der Waals surface area contributed by atoms with Gasteiger partial charge in [0.05, 0.1) is 27.7 Å². The molecule has 0 amide bonds. The highest BCUT2D eigenvalue weighted by Crippen LogP contribution is 2.43. The lowest BCUT2D eigenvalue weighted by atomic mass is 10.0. The van der Waals surface area contributed by atoms with Crippen LogP contribution in [0.2, 0.25) is 0 Å². The van der Waals surface area contributed by atoms with Crippen molar-refractivity contribution in [2.75, 3.05) is 47.5 Å². The number of nitrogens with zero attached hydrogens (tertiary/aromatic N) is 1. The molecule has 2 atom stereocenters. The molecule has 2 unspecified atom stereocenters. The summed E-state index contributed by atoms with van der Waals surface area (Å²) in [5, 5.41) is 0. The van der Waals surface area contributed by atoms with Gasteiger partial charge in [-0.05, 0) is 51.4 Å². The van der Waals surface area contributed by atoms with Gasteiger partial charge in [0, 0.05) is 12.8 Å². The number of quaternary nitrogens is 1. The predicted molar refractivity (Wildman–Crippen MR) is 233 cm³/mol. The van der Waals surface area contributed by atoms with E-state index in [1.807, 2.05) is 21.1 Å². The summed E-state index contributed by atoms with van der Waals surface area (Å²) in [4.78, 5) is 35.3. The van der Waals surface area contributed by atoms with Crippen molar-refractivity contribution >= 4 is 19.8 Å². The molecule has 0 bridgehead atoms. The van der Waals surface area contributed by atoms with E-state index in [9.17, 15) is 19.0 Å². The minimum atomic E-state index is -4.37. The number of likely N-dealkylation sites (N-methyl/N-ethyl adjacent to an activating group) is 1. The minimum absolute atomic E-state index is 0.0305.